The van der Waals surface area contributed by atoms with E-state index < -0.39 is 0 Å². The predicted octanol–water partition coefficient (Wildman–Crippen LogP) is 3.18. The molecule has 7 heteroatoms. The average molecular weight is 313 g/mol. The Morgan fingerprint density at radius 3 is 2.91 bits per heavy atom. The largest absolute Gasteiger partial charge is 0.346 e. The third-order valence-corrected chi connectivity index (χ3v) is 3.91. The zero-order valence-electron chi connectivity index (χ0n) is 13.1. The summed E-state index contributed by atoms with van der Waals surface area (Å²) in [6.45, 7) is 3.63. The minimum atomic E-state index is -0.371. The number of hydrogen-bond acceptors (Lipinski definition) is 4. The maximum absolute atomic E-state index is 10.8. The standard InChI is InChI=1S/C16H19N5O2/c1-2-3-4-14-12-20(18-17-14)10-9-19-8-7-13-11-15(21(22)23)5-6-16(13)19/h5-8,11-12H,2-4,9-10H2,1H3. The number of nitrogens with zero attached hydrogens (tertiary/aromatic N) is 5. The van der Waals surface area contributed by atoms with Crippen molar-refractivity contribution >= 4 is 16.6 Å². The van der Waals surface area contributed by atoms with Gasteiger partial charge in [-0.1, -0.05) is 18.6 Å². The van der Waals surface area contributed by atoms with E-state index in [0.29, 0.717) is 0 Å². The number of benzene rings is 1. The van der Waals surface area contributed by atoms with Crippen molar-refractivity contribution in [1.29, 1.82) is 0 Å². The predicted molar refractivity (Wildman–Crippen MR) is 87.2 cm³/mol. The molecule has 2 aromatic heterocycles. The lowest BCUT2D eigenvalue weighted by molar-refractivity contribution is -0.384. The van der Waals surface area contributed by atoms with Gasteiger partial charge in [-0.3, -0.25) is 14.8 Å². The van der Waals surface area contributed by atoms with E-state index in [2.05, 4.69) is 21.8 Å². The van der Waals surface area contributed by atoms with Gasteiger partial charge in [0.1, 0.15) is 0 Å². The van der Waals surface area contributed by atoms with Crippen molar-refractivity contribution in [2.24, 2.45) is 0 Å². The zero-order valence-corrected chi connectivity index (χ0v) is 13.1. The Balaban J connectivity index is 1.69. The first kappa shape index (κ1) is 15.2. The lowest BCUT2D eigenvalue weighted by atomic mass is 10.2. The molecular formula is C16H19N5O2. The first-order chi connectivity index (χ1) is 11.2. The molecular weight excluding hydrogens is 294 g/mol. The molecule has 0 saturated carbocycles. The van der Waals surface area contributed by atoms with Gasteiger partial charge >= 0.3 is 0 Å². The SMILES string of the molecule is CCCCc1cn(CCn2ccc3cc([N+](=O)[O-])ccc32)nn1. The first-order valence-corrected chi connectivity index (χ1v) is 7.79. The summed E-state index contributed by atoms with van der Waals surface area (Å²) in [4.78, 5) is 10.4. The van der Waals surface area contributed by atoms with E-state index in [-0.39, 0.29) is 10.6 Å². The molecule has 0 amide bonds. The molecule has 3 aromatic rings. The number of non-ortho nitro benzene ring substituents is 1. The molecule has 0 saturated heterocycles. The molecule has 7 nitrogen and oxygen atoms in total. The smallest absolute Gasteiger partial charge is 0.270 e. The summed E-state index contributed by atoms with van der Waals surface area (Å²) in [6, 6.07) is 6.83. The van der Waals surface area contributed by atoms with E-state index in [9.17, 15) is 10.1 Å². The van der Waals surface area contributed by atoms with Crippen LogP contribution < -0.4 is 0 Å². The molecule has 23 heavy (non-hydrogen) atoms. The van der Waals surface area contributed by atoms with E-state index in [1.54, 1.807) is 12.1 Å². The molecule has 0 atom stereocenters. The van der Waals surface area contributed by atoms with Crippen molar-refractivity contribution in [1.82, 2.24) is 19.6 Å². The molecule has 120 valence electrons. The fourth-order valence-electron chi connectivity index (χ4n) is 2.63. The summed E-state index contributed by atoms with van der Waals surface area (Å²) in [7, 11) is 0. The van der Waals surface area contributed by atoms with E-state index >= 15 is 0 Å². The monoisotopic (exact) mass is 313 g/mol. The topological polar surface area (TPSA) is 78.8 Å². The van der Waals surface area contributed by atoms with E-state index in [0.717, 1.165) is 48.9 Å². The number of nitro groups is 1. The van der Waals surface area contributed by atoms with Gasteiger partial charge in [0, 0.05) is 42.0 Å². The van der Waals surface area contributed by atoms with Crippen LogP contribution in [0, 0.1) is 10.1 Å². The van der Waals surface area contributed by atoms with Crippen LogP contribution in [0.4, 0.5) is 5.69 Å². The fraction of sp³-hybridized carbons (Fsp3) is 0.375. The number of aromatic nitrogens is 4. The van der Waals surface area contributed by atoms with E-state index in [4.69, 9.17) is 0 Å². The van der Waals surface area contributed by atoms with Gasteiger partial charge in [-0.25, -0.2) is 0 Å². The van der Waals surface area contributed by atoms with Gasteiger partial charge in [0.05, 0.1) is 17.2 Å². The number of nitro benzene ring substituents is 1. The van der Waals surface area contributed by atoms with Gasteiger partial charge in [-0.15, -0.1) is 5.10 Å². The lowest BCUT2D eigenvalue weighted by Gasteiger charge is -2.05. The number of fused-ring (bicyclic) bond motifs is 1. The number of aryl methyl sites for hydroxylation is 3. The van der Waals surface area contributed by atoms with Crippen molar-refractivity contribution in [2.75, 3.05) is 0 Å². The highest BCUT2D eigenvalue weighted by atomic mass is 16.6. The van der Waals surface area contributed by atoms with Crippen LogP contribution in [0.1, 0.15) is 25.5 Å². The number of rotatable bonds is 7. The van der Waals surface area contributed by atoms with Crippen LogP contribution in [0.2, 0.25) is 0 Å². The first-order valence-electron chi connectivity index (χ1n) is 7.79. The van der Waals surface area contributed by atoms with Gasteiger partial charge in [0.2, 0.25) is 0 Å². The Bertz CT molecular complexity index is 821. The summed E-state index contributed by atoms with van der Waals surface area (Å²) < 4.78 is 3.93. The Labute approximate surface area is 133 Å². The highest BCUT2D eigenvalue weighted by Crippen LogP contribution is 2.21. The molecule has 0 aliphatic heterocycles. The Kier molecular flexibility index (Phi) is 4.36. The van der Waals surface area contributed by atoms with Crippen LogP contribution in [-0.2, 0) is 19.5 Å². The number of hydrogen-bond donors (Lipinski definition) is 0. The molecule has 0 unspecified atom stereocenters. The van der Waals surface area contributed by atoms with Crippen LogP contribution in [0.3, 0.4) is 0 Å². The van der Waals surface area contributed by atoms with Crippen molar-refractivity contribution in [3.63, 3.8) is 0 Å². The second kappa shape index (κ2) is 6.60. The molecule has 1 aromatic carbocycles. The van der Waals surface area contributed by atoms with Crippen molar-refractivity contribution in [3.05, 3.63) is 52.5 Å². The maximum Gasteiger partial charge on any atom is 0.270 e. The maximum atomic E-state index is 10.8. The molecule has 0 spiro atoms. The third kappa shape index (κ3) is 3.39. The Morgan fingerprint density at radius 2 is 2.13 bits per heavy atom. The van der Waals surface area contributed by atoms with Gasteiger partial charge in [-0.2, -0.15) is 0 Å². The quantitative estimate of drug-likeness (QED) is 0.495. The van der Waals surface area contributed by atoms with Crippen molar-refractivity contribution in [3.8, 4) is 0 Å². The van der Waals surface area contributed by atoms with Crippen molar-refractivity contribution < 1.29 is 4.92 Å². The second-order valence-electron chi connectivity index (χ2n) is 5.59. The normalized spacial score (nSPS) is 11.2. The summed E-state index contributed by atoms with van der Waals surface area (Å²) in [5.41, 5.74) is 2.13. The Morgan fingerprint density at radius 1 is 1.26 bits per heavy atom. The minimum absolute atomic E-state index is 0.118. The van der Waals surface area contributed by atoms with Crippen LogP contribution >= 0.6 is 0 Å². The Hall–Kier alpha value is -2.70. The molecule has 0 bridgehead atoms. The molecule has 0 radical (unpaired) electrons. The molecule has 0 aliphatic rings. The summed E-state index contributed by atoms with van der Waals surface area (Å²) >= 11 is 0. The zero-order chi connectivity index (χ0) is 16.2. The van der Waals surface area contributed by atoms with Gasteiger partial charge in [0.15, 0.2) is 0 Å². The molecule has 0 N–H and O–H groups in total. The molecule has 0 fully saturated rings. The van der Waals surface area contributed by atoms with E-state index in [1.165, 1.54) is 6.07 Å². The molecule has 2 heterocycles. The average Bonchev–Trinajstić information content (AvgIpc) is 3.17. The molecule has 3 rings (SSSR count). The summed E-state index contributed by atoms with van der Waals surface area (Å²) in [6.07, 6.45) is 7.18. The van der Waals surface area contributed by atoms with Gasteiger partial charge in [0.25, 0.3) is 5.69 Å². The van der Waals surface area contributed by atoms with Crippen LogP contribution in [-0.4, -0.2) is 24.5 Å². The van der Waals surface area contributed by atoms with Gasteiger partial charge < -0.3 is 4.57 Å². The highest BCUT2D eigenvalue weighted by Gasteiger charge is 2.09. The highest BCUT2D eigenvalue weighted by molar-refractivity contribution is 5.82. The summed E-state index contributed by atoms with van der Waals surface area (Å²) in [5.74, 6) is 0. The lowest BCUT2D eigenvalue weighted by Crippen LogP contribution is -2.07. The van der Waals surface area contributed by atoms with Crippen molar-refractivity contribution in [2.45, 2.75) is 39.3 Å². The van der Waals surface area contributed by atoms with Crippen LogP contribution in [0.25, 0.3) is 10.9 Å². The second-order valence-corrected chi connectivity index (χ2v) is 5.59. The third-order valence-electron chi connectivity index (χ3n) is 3.91. The van der Waals surface area contributed by atoms with Gasteiger partial charge in [-0.05, 0) is 25.0 Å². The van der Waals surface area contributed by atoms with Crippen LogP contribution in [0.15, 0.2) is 36.7 Å². The fourth-order valence-corrected chi connectivity index (χ4v) is 2.63. The minimum Gasteiger partial charge on any atom is -0.346 e. The van der Waals surface area contributed by atoms with Crippen LogP contribution in [0.5, 0.6) is 0 Å². The molecule has 0 aliphatic carbocycles. The summed E-state index contributed by atoms with van der Waals surface area (Å²) in [5, 5.41) is 20.0. The number of unbranched alkanes of at least 4 members (excludes halogenated alkanes) is 1. The van der Waals surface area contributed by atoms with E-state index in [1.807, 2.05) is 23.1 Å².